The molecule has 0 fully saturated rings. The summed E-state index contributed by atoms with van der Waals surface area (Å²) in [5.41, 5.74) is 0.706. The van der Waals surface area contributed by atoms with Crippen LogP contribution in [0.5, 0.6) is 0 Å². The standard InChI is InChI=1S/C21H16ClF2N3O3S2/c1-32(29,30)18-10-9-14(11-15(18)22)27-21(31)26-13-7-5-12(6-8-13)25-20(28)19-16(23)3-2-4-17(19)24/h2-11H,1H3,(H,25,28)(H2,26,27,31). The molecule has 32 heavy (non-hydrogen) atoms. The molecule has 0 aliphatic rings. The van der Waals surface area contributed by atoms with Crippen molar-refractivity contribution in [2.24, 2.45) is 0 Å². The molecule has 0 aliphatic heterocycles. The van der Waals surface area contributed by atoms with E-state index in [9.17, 15) is 22.0 Å². The number of benzene rings is 3. The summed E-state index contributed by atoms with van der Waals surface area (Å²) < 4.78 is 50.7. The number of hydrogen-bond acceptors (Lipinski definition) is 4. The SMILES string of the molecule is CS(=O)(=O)c1ccc(NC(=S)Nc2ccc(NC(=O)c3c(F)cccc3F)cc2)cc1Cl. The summed E-state index contributed by atoms with van der Waals surface area (Å²) in [6, 6.07) is 13.8. The van der Waals surface area contributed by atoms with Gasteiger partial charge in [-0.1, -0.05) is 17.7 Å². The first-order chi connectivity index (χ1) is 15.0. The Hall–Kier alpha value is -3.08. The number of halogens is 3. The monoisotopic (exact) mass is 495 g/mol. The predicted octanol–water partition coefficient (Wildman–Crippen LogP) is 5.08. The number of hydrogen-bond donors (Lipinski definition) is 3. The van der Waals surface area contributed by atoms with Gasteiger partial charge in [0.1, 0.15) is 17.2 Å². The van der Waals surface area contributed by atoms with E-state index in [1.165, 1.54) is 36.4 Å². The summed E-state index contributed by atoms with van der Waals surface area (Å²) in [4.78, 5) is 12.2. The number of thiocarbonyl (C=S) groups is 1. The Morgan fingerprint density at radius 3 is 1.91 bits per heavy atom. The first-order valence-electron chi connectivity index (χ1n) is 8.97. The average molecular weight is 496 g/mol. The minimum atomic E-state index is -3.44. The van der Waals surface area contributed by atoms with Gasteiger partial charge in [0.25, 0.3) is 5.91 Å². The fourth-order valence-corrected chi connectivity index (χ4v) is 4.28. The van der Waals surface area contributed by atoms with Gasteiger partial charge >= 0.3 is 0 Å². The summed E-state index contributed by atoms with van der Waals surface area (Å²) >= 11 is 11.2. The van der Waals surface area contributed by atoms with Gasteiger partial charge in [0.15, 0.2) is 14.9 Å². The molecule has 0 aliphatic carbocycles. The summed E-state index contributed by atoms with van der Waals surface area (Å²) in [7, 11) is -3.44. The van der Waals surface area contributed by atoms with Crippen LogP contribution in [0.15, 0.2) is 65.6 Å². The normalized spacial score (nSPS) is 11.0. The van der Waals surface area contributed by atoms with Crippen LogP contribution in [0.1, 0.15) is 10.4 Å². The third-order valence-electron chi connectivity index (χ3n) is 4.18. The third kappa shape index (κ3) is 5.78. The molecular weight excluding hydrogens is 480 g/mol. The molecule has 0 heterocycles. The van der Waals surface area contributed by atoms with Gasteiger partial charge < -0.3 is 16.0 Å². The lowest BCUT2D eigenvalue weighted by Gasteiger charge is -2.12. The van der Waals surface area contributed by atoms with E-state index < -0.39 is 32.9 Å². The highest BCUT2D eigenvalue weighted by atomic mass is 35.5. The summed E-state index contributed by atoms with van der Waals surface area (Å²) in [5.74, 6) is -2.82. The molecule has 0 saturated carbocycles. The number of nitrogens with one attached hydrogen (secondary N) is 3. The van der Waals surface area contributed by atoms with Gasteiger partial charge in [0.2, 0.25) is 0 Å². The van der Waals surface area contributed by atoms with Crippen molar-refractivity contribution in [3.8, 4) is 0 Å². The smallest absolute Gasteiger partial charge is 0.261 e. The molecule has 3 rings (SSSR count). The van der Waals surface area contributed by atoms with Crippen LogP contribution < -0.4 is 16.0 Å². The van der Waals surface area contributed by atoms with E-state index in [1.54, 1.807) is 12.1 Å². The molecule has 0 radical (unpaired) electrons. The predicted molar refractivity (Wildman–Crippen MR) is 125 cm³/mol. The summed E-state index contributed by atoms with van der Waals surface area (Å²) in [5, 5.41) is 8.48. The highest BCUT2D eigenvalue weighted by molar-refractivity contribution is 7.90. The van der Waals surface area contributed by atoms with Gasteiger partial charge in [-0.15, -0.1) is 0 Å². The lowest BCUT2D eigenvalue weighted by molar-refractivity contribution is 0.101. The number of carbonyl (C=O) groups is 1. The van der Waals surface area contributed by atoms with Crippen LogP contribution >= 0.6 is 23.8 Å². The van der Waals surface area contributed by atoms with Gasteiger partial charge in [-0.25, -0.2) is 17.2 Å². The molecule has 11 heteroatoms. The minimum absolute atomic E-state index is 0.0106. The first kappa shape index (κ1) is 23.6. The van der Waals surface area contributed by atoms with Crippen LogP contribution in [-0.4, -0.2) is 25.7 Å². The highest BCUT2D eigenvalue weighted by Gasteiger charge is 2.17. The summed E-state index contributed by atoms with van der Waals surface area (Å²) in [6.07, 6.45) is 1.06. The van der Waals surface area contributed by atoms with Crippen molar-refractivity contribution >= 4 is 61.7 Å². The summed E-state index contributed by atoms with van der Waals surface area (Å²) in [6.45, 7) is 0. The molecular formula is C21H16ClF2N3O3S2. The zero-order chi connectivity index (χ0) is 23.5. The second kappa shape index (κ2) is 9.60. The van der Waals surface area contributed by atoms with Crippen molar-refractivity contribution in [1.82, 2.24) is 0 Å². The number of sulfone groups is 1. The second-order valence-electron chi connectivity index (χ2n) is 6.62. The second-order valence-corrected chi connectivity index (χ2v) is 9.42. The lowest BCUT2D eigenvalue weighted by Crippen LogP contribution is -2.19. The van der Waals surface area contributed by atoms with Gasteiger partial charge in [0.05, 0.1) is 9.92 Å². The van der Waals surface area contributed by atoms with Crippen molar-refractivity contribution in [2.75, 3.05) is 22.2 Å². The molecule has 3 aromatic rings. The van der Waals surface area contributed by atoms with Crippen molar-refractivity contribution in [2.45, 2.75) is 4.90 Å². The fraction of sp³-hybridized carbons (Fsp3) is 0.0476. The Morgan fingerprint density at radius 1 is 0.875 bits per heavy atom. The van der Waals surface area contributed by atoms with E-state index in [1.807, 2.05) is 0 Å². The molecule has 0 saturated heterocycles. The zero-order valence-corrected chi connectivity index (χ0v) is 18.8. The molecule has 0 atom stereocenters. The number of amides is 1. The minimum Gasteiger partial charge on any atom is -0.332 e. The Balaban J connectivity index is 1.63. The maximum atomic E-state index is 13.7. The van der Waals surface area contributed by atoms with E-state index in [0.717, 1.165) is 18.4 Å². The van der Waals surface area contributed by atoms with E-state index >= 15 is 0 Å². The third-order valence-corrected chi connectivity index (χ3v) is 5.96. The molecule has 0 unspecified atom stereocenters. The van der Waals surface area contributed by atoms with Crippen LogP contribution in [0, 0.1) is 11.6 Å². The molecule has 0 spiro atoms. The van der Waals surface area contributed by atoms with Crippen LogP contribution in [0.2, 0.25) is 5.02 Å². The lowest BCUT2D eigenvalue weighted by atomic mass is 10.1. The van der Waals surface area contributed by atoms with Crippen LogP contribution in [0.4, 0.5) is 25.8 Å². The number of rotatable bonds is 5. The van der Waals surface area contributed by atoms with Crippen LogP contribution in [0.25, 0.3) is 0 Å². The largest absolute Gasteiger partial charge is 0.332 e. The van der Waals surface area contributed by atoms with Crippen LogP contribution in [0.3, 0.4) is 0 Å². The van der Waals surface area contributed by atoms with Crippen LogP contribution in [-0.2, 0) is 9.84 Å². The van der Waals surface area contributed by atoms with Crippen molar-refractivity contribution in [3.05, 3.63) is 82.9 Å². The fourth-order valence-electron chi connectivity index (χ4n) is 2.72. The van der Waals surface area contributed by atoms with E-state index in [-0.39, 0.29) is 15.0 Å². The number of anilines is 3. The molecule has 1 amide bonds. The first-order valence-corrected chi connectivity index (χ1v) is 11.7. The molecule has 3 N–H and O–H groups in total. The Labute approximate surface area is 193 Å². The topological polar surface area (TPSA) is 87.3 Å². The quantitative estimate of drug-likeness (QED) is 0.428. The average Bonchev–Trinajstić information content (AvgIpc) is 2.68. The van der Waals surface area contributed by atoms with E-state index in [2.05, 4.69) is 16.0 Å². The van der Waals surface area contributed by atoms with Crippen molar-refractivity contribution < 1.29 is 22.0 Å². The molecule has 0 bridgehead atoms. The van der Waals surface area contributed by atoms with E-state index in [0.29, 0.717) is 17.1 Å². The zero-order valence-electron chi connectivity index (χ0n) is 16.4. The highest BCUT2D eigenvalue weighted by Crippen LogP contribution is 2.25. The molecule has 166 valence electrons. The molecule has 6 nitrogen and oxygen atoms in total. The Bertz CT molecular complexity index is 1280. The van der Waals surface area contributed by atoms with Gasteiger partial charge in [-0.05, 0) is 66.8 Å². The molecule has 0 aromatic heterocycles. The van der Waals surface area contributed by atoms with E-state index in [4.69, 9.17) is 23.8 Å². The van der Waals surface area contributed by atoms with Gasteiger partial charge in [0, 0.05) is 23.3 Å². The molecule has 3 aromatic carbocycles. The maximum absolute atomic E-state index is 13.7. The van der Waals surface area contributed by atoms with Crippen molar-refractivity contribution in [1.29, 1.82) is 0 Å². The maximum Gasteiger partial charge on any atom is 0.261 e. The van der Waals surface area contributed by atoms with Gasteiger partial charge in [-0.3, -0.25) is 4.79 Å². The van der Waals surface area contributed by atoms with Crippen molar-refractivity contribution in [3.63, 3.8) is 0 Å². The Morgan fingerprint density at radius 2 is 1.38 bits per heavy atom. The Kier molecular flexibility index (Phi) is 7.07. The number of carbonyl (C=O) groups excluding carboxylic acids is 1. The van der Waals surface area contributed by atoms with Gasteiger partial charge in [-0.2, -0.15) is 0 Å².